The lowest BCUT2D eigenvalue weighted by Crippen LogP contribution is -2.39. The Kier molecular flexibility index (Phi) is 6.51. The van der Waals surface area contributed by atoms with Gasteiger partial charge in [0.1, 0.15) is 5.69 Å². The van der Waals surface area contributed by atoms with Gasteiger partial charge in [0.25, 0.3) is 5.91 Å². The predicted octanol–water partition coefficient (Wildman–Crippen LogP) is 1.46. The number of hydrogen-bond donors (Lipinski definition) is 2. The number of nitrogens with zero attached hydrogens (tertiary/aromatic N) is 3. The lowest BCUT2D eigenvalue weighted by Gasteiger charge is -2.26. The number of aryl methyl sites for hydroxylation is 1. The minimum absolute atomic E-state index is 0.204. The van der Waals surface area contributed by atoms with Crippen molar-refractivity contribution >= 4 is 11.9 Å². The molecule has 1 fully saturated rings. The highest BCUT2D eigenvalue weighted by Gasteiger charge is 2.11. The minimum Gasteiger partial charge on any atom is -0.379 e. The van der Waals surface area contributed by atoms with E-state index in [4.69, 9.17) is 4.74 Å². The fourth-order valence-corrected chi connectivity index (χ4v) is 2.70. The fraction of sp³-hybridized carbons (Fsp3) is 0.421. The zero-order valence-electron chi connectivity index (χ0n) is 15.1. The summed E-state index contributed by atoms with van der Waals surface area (Å²) in [7, 11) is 0. The smallest absolute Gasteiger partial charge is 0.270 e. The molecule has 0 spiro atoms. The first-order valence-electron chi connectivity index (χ1n) is 8.91. The van der Waals surface area contributed by atoms with E-state index in [1.54, 1.807) is 12.3 Å². The van der Waals surface area contributed by atoms with Crippen molar-refractivity contribution in [3.8, 4) is 0 Å². The van der Waals surface area contributed by atoms with Gasteiger partial charge in [-0.3, -0.25) is 9.69 Å². The molecule has 2 N–H and O–H groups in total. The van der Waals surface area contributed by atoms with Gasteiger partial charge in [0, 0.05) is 38.9 Å². The molecular formula is C19H25N5O2. The highest BCUT2D eigenvalue weighted by Crippen LogP contribution is 2.05. The Morgan fingerprint density at radius 1 is 1.19 bits per heavy atom. The molecule has 1 saturated heterocycles. The van der Waals surface area contributed by atoms with Crippen molar-refractivity contribution in [3.63, 3.8) is 0 Å². The second kappa shape index (κ2) is 9.26. The Balaban J connectivity index is 1.47. The molecule has 2 aromatic rings. The molecule has 1 aromatic heterocycles. The first-order chi connectivity index (χ1) is 12.7. The van der Waals surface area contributed by atoms with Gasteiger partial charge >= 0.3 is 0 Å². The predicted molar refractivity (Wildman–Crippen MR) is 100 cm³/mol. The normalized spacial score (nSPS) is 14.8. The second-order valence-corrected chi connectivity index (χ2v) is 6.31. The van der Waals surface area contributed by atoms with Crippen molar-refractivity contribution in [1.82, 2.24) is 20.2 Å². The number of hydrogen-bond acceptors (Lipinski definition) is 6. The number of benzene rings is 1. The van der Waals surface area contributed by atoms with Crippen LogP contribution in [0.25, 0.3) is 0 Å². The Bertz CT molecular complexity index is 714. The summed E-state index contributed by atoms with van der Waals surface area (Å²) in [5.41, 5.74) is 2.62. The molecule has 0 unspecified atom stereocenters. The third-order valence-electron chi connectivity index (χ3n) is 4.28. The molecule has 2 heterocycles. The highest BCUT2D eigenvalue weighted by atomic mass is 16.5. The molecule has 1 aliphatic rings. The Morgan fingerprint density at radius 2 is 1.96 bits per heavy atom. The molecule has 7 heteroatoms. The first kappa shape index (κ1) is 18.3. The van der Waals surface area contributed by atoms with E-state index in [1.165, 1.54) is 5.56 Å². The van der Waals surface area contributed by atoms with Crippen molar-refractivity contribution in [2.45, 2.75) is 13.5 Å². The molecule has 1 aromatic carbocycles. The van der Waals surface area contributed by atoms with E-state index < -0.39 is 0 Å². The number of ether oxygens (including phenoxy) is 1. The summed E-state index contributed by atoms with van der Waals surface area (Å²) in [6.07, 6.45) is 1.60. The van der Waals surface area contributed by atoms with E-state index in [-0.39, 0.29) is 5.91 Å². The maximum absolute atomic E-state index is 12.3. The number of carbonyl (C=O) groups is 1. The Morgan fingerprint density at radius 3 is 2.73 bits per heavy atom. The van der Waals surface area contributed by atoms with E-state index in [9.17, 15) is 4.79 Å². The number of amides is 1. The first-order valence-corrected chi connectivity index (χ1v) is 8.91. The van der Waals surface area contributed by atoms with Crippen molar-refractivity contribution in [3.05, 3.63) is 53.3 Å². The van der Waals surface area contributed by atoms with Crippen LogP contribution < -0.4 is 10.6 Å². The largest absolute Gasteiger partial charge is 0.379 e. The van der Waals surface area contributed by atoms with Crippen molar-refractivity contribution in [1.29, 1.82) is 0 Å². The molecular weight excluding hydrogens is 330 g/mol. The summed E-state index contributed by atoms with van der Waals surface area (Å²) in [4.78, 5) is 23.1. The van der Waals surface area contributed by atoms with Crippen LogP contribution in [0.1, 0.15) is 21.6 Å². The summed E-state index contributed by atoms with van der Waals surface area (Å²) < 4.78 is 5.34. The standard InChI is InChI=1S/C19H25N5O2/c1-15-2-4-16(5-3-15)14-22-18(25)17-6-7-20-19(23-17)21-8-9-24-10-12-26-13-11-24/h2-7H,8-14H2,1H3,(H,22,25)(H,20,21,23). The van der Waals surface area contributed by atoms with Crippen LogP contribution in [0.5, 0.6) is 0 Å². The molecule has 26 heavy (non-hydrogen) atoms. The Hall–Kier alpha value is -2.51. The zero-order chi connectivity index (χ0) is 18.2. The number of anilines is 1. The van der Waals surface area contributed by atoms with Crippen LogP contribution in [-0.2, 0) is 11.3 Å². The fourth-order valence-electron chi connectivity index (χ4n) is 2.70. The third kappa shape index (κ3) is 5.50. The number of morpholine rings is 1. The summed E-state index contributed by atoms with van der Waals surface area (Å²) in [5, 5.41) is 6.07. The average Bonchev–Trinajstić information content (AvgIpc) is 2.68. The van der Waals surface area contributed by atoms with Crippen LogP contribution in [0.4, 0.5) is 5.95 Å². The monoisotopic (exact) mass is 355 g/mol. The summed E-state index contributed by atoms with van der Waals surface area (Å²) in [6.45, 7) is 7.61. The van der Waals surface area contributed by atoms with Crippen molar-refractivity contribution in [2.75, 3.05) is 44.7 Å². The van der Waals surface area contributed by atoms with Gasteiger partial charge in [-0.05, 0) is 18.6 Å². The zero-order valence-corrected chi connectivity index (χ0v) is 15.1. The number of nitrogens with one attached hydrogen (secondary N) is 2. The molecule has 1 amide bonds. The van der Waals surface area contributed by atoms with Crippen LogP contribution in [-0.4, -0.2) is 60.2 Å². The van der Waals surface area contributed by atoms with Crippen molar-refractivity contribution < 1.29 is 9.53 Å². The maximum Gasteiger partial charge on any atom is 0.270 e. The van der Waals surface area contributed by atoms with E-state index in [2.05, 4.69) is 25.5 Å². The second-order valence-electron chi connectivity index (χ2n) is 6.31. The van der Waals surface area contributed by atoms with Crippen LogP contribution in [0, 0.1) is 6.92 Å². The van der Waals surface area contributed by atoms with Gasteiger partial charge < -0.3 is 15.4 Å². The molecule has 0 aliphatic carbocycles. The lowest BCUT2D eigenvalue weighted by atomic mass is 10.1. The van der Waals surface area contributed by atoms with Crippen LogP contribution in [0.15, 0.2) is 36.5 Å². The van der Waals surface area contributed by atoms with Gasteiger partial charge in [0.2, 0.25) is 5.95 Å². The van der Waals surface area contributed by atoms with Crippen LogP contribution in [0.3, 0.4) is 0 Å². The summed E-state index contributed by atoms with van der Waals surface area (Å²) in [6, 6.07) is 9.70. The minimum atomic E-state index is -0.204. The van der Waals surface area contributed by atoms with Crippen LogP contribution in [0.2, 0.25) is 0 Å². The van der Waals surface area contributed by atoms with Crippen molar-refractivity contribution in [2.24, 2.45) is 0 Å². The molecule has 0 atom stereocenters. The maximum atomic E-state index is 12.3. The quantitative estimate of drug-likeness (QED) is 0.783. The summed E-state index contributed by atoms with van der Waals surface area (Å²) >= 11 is 0. The van der Waals surface area contributed by atoms with Gasteiger partial charge in [0.05, 0.1) is 13.2 Å². The van der Waals surface area contributed by atoms with E-state index in [0.717, 1.165) is 45.0 Å². The highest BCUT2D eigenvalue weighted by molar-refractivity contribution is 5.92. The van der Waals surface area contributed by atoms with E-state index in [0.29, 0.717) is 18.2 Å². The molecule has 138 valence electrons. The third-order valence-corrected chi connectivity index (χ3v) is 4.28. The number of rotatable bonds is 7. The van der Waals surface area contributed by atoms with Gasteiger partial charge in [0.15, 0.2) is 0 Å². The lowest BCUT2D eigenvalue weighted by molar-refractivity contribution is 0.0398. The Labute approximate surface area is 153 Å². The van der Waals surface area contributed by atoms with Gasteiger partial charge in [-0.1, -0.05) is 29.8 Å². The topological polar surface area (TPSA) is 79.4 Å². The molecule has 0 radical (unpaired) electrons. The molecule has 1 aliphatic heterocycles. The summed E-state index contributed by atoms with van der Waals surface area (Å²) in [5.74, 6) is 0.269. The van der Waals surface area contributed by atoms with E-state index in [1.807, 2.05) is 31.2 Å². The van der Waals surface area contributed by atoms with Gasteiger partial charge in [-0.25, -0.2) is 9.97 Å². The molecule has 0 saturated carbocycles. The number of aromatic nitrogens is 2. The molecule has 3 rings (SSSR count). The van der Waals surface area contributed by atoms with Crippen LogP contribution >= 0.6 is 0 Å². The average molecular weight is 355 g/mol. The van der Waals surface area contributed by atoms with Gasteiger partial charge in [-0.2, -0.15) is 0 Å². The molecule has 7 nitrogen and oxygen atoms in total. The van der Waals surface area contributed by atoms with Gasteiger partial charge in [-0.15, -0.1) is 0 Å². The van der Waals surface area contributed by atoms with E-state index >= 15 is 0 Å². The molecule has 0 bridgehead atoms. The number of carbonyl (C=O) groups excluding carboxylic acids is 1. The SMILES string of the molecule is Cc1ccc(CNC(=O)c2ccnc(NCCN3CCOCC3)n2)cc1.